The van der Waals surface area contributed by atoms with Gasteiger partial charge >= 0.3 is 0 Å². The van der Waals surface area contributed by atoms with Crippen molar-refractivity contribution < 1.29 is 8.81 Å². The maximum absolute atomic E-state index is 13.8. The fourth-order valence-corrected chi connectivity index (χ4v) is 2.55. The Labute approximate surface area is 119 Å². The molecule has 2 nitrogen and oxygen atoms in total. The molecule has 1 atom stereocenters. The number of hydrogen-bond donors (Lipinski definition) is 1. The van der Waals surface area contributed by atoms with Gasteiger partial charge < -0.3 is 9.73 Å². The van der Waals surface area contributed by atoms with Gasteiger partial charge in [0.25, 0.3) is 0 Å². The third-order valence-corrected chi connectivity index (χ3v) is 3.84. The molecule has 1 aliphatic carbocycles. The zero-order valence-electron chi connectivity index (χ0n) is 11.5. The van der Waals surface area contributed by atoms with Crippen molar-refractivity contribution >= 4 is 0 Å². The lowest BCUT2D eigenvalue weighted by atomic mass is 9.93. The molecule has 2 aromatic rings. The highest BCUT2D eigenvalue weighted by molar-refractivity contribution is 5.19. The molecule has 20 heavy (non-hydrogen) atoms. The van der Waals surface area contributed by atoms with E-state index >= 15 is 0 Å². The van der Waals surface area contributed by atoms with Crippen molar-refractivity contribution in [3.8, 4) is 0 Å². The van der Waals surface area contributed by atoms with Crippen LogP contribution in [-0.2, 0) is 12.8 Å². The maximum Gasteiger partial charge on any atom is 0.126 e. The lowest BCUT2D eigenvalue weighted by Crippen LogP contribution is -2.27. The largest absolute Gasteiger partial charge is 0.472 e. The van der Waals surface area contributed by atoms with E-state index in [-0.39, 0.29) is 5.82 Å². The molecule has 1 unspecified atom stereocenters. The second-order valence-electron chi connectivity index (χ2n) is 5.68. The number of halogens is 1. The third-order valence-electron chi connectivity index (χ3n) is 3.84. The molecular formula is C17H20FNO. The minimum Gasteiger partial charge on any atom is -0.472 e. The van der Waals surface area contributed by atoms with E-state index in [2.05, 4.69) is 5.32 Å². The Morgan fingerprint density at radius 3 is 2.75 bits per heavy atom. The van der Waals surface area contributed by atoms with Crippen LogP contribution >= 0.6 is 0 Å². The van der Waals surface area contributed by atoms with Crippen molar-refractivity contribution in [3.63, 3.8) is 0 Å². The average molecular weight is 273 g/mol. The molecule has 3 heteroatoms. The van der Waals surface area contributed by atoms with Gasteiger partial charge in [-0.1, -0.05) is 18.2 Å². The molecule has 0 spiro atoms. The molecule has 1 aromatic heterocycles. The average Bonchev–Trinajstić information content (AvgIpc) is 3.15. The molecule has 1 N–H and O–H groups in total. The highest BCUT2D eigenvalue weighted by Crippen LogP contribution is 2.21. The molecule has 3 rings (SSSR count). The number of furan rings is 1. The minimum absolute atomic E-state index is 0.101. The van der Waals surface area contributed by atoms with Crippen LogP contribution in [0.15, 0.2) is 47.3 Å². The molecule has 1 heterocycles. The van der Waals surface area contributed by atoms with Crippen molar-refractivity contribution in [3.05, 3.63) is 59.8 Å². The van der Waals surface area contributed by atoms with Crippen molar-refractivity contribution in [2.24, 2.45) is 5.92 Å². The van der Waals surface area contributed by atoms with Gasteiger partial charge in [-0.05, 0) is 61.4 Å². The first kappa shape index (κ1) is 13.4. The van der Waals surface area contributed by atoms with E-state index < -0.39 is 0 Å². The van der Waals surface area contributed by atoms with Crippen LogP contribution in [0.5, 0.6) is 0 Å². The van der Waals surface area contributed by atoms with Gasteiger partial charge in [-0.2, -0.15) is 0 Å². The summed E-state index contributed by atoms with van der Waals surface area (Å²) in [4.78, 5) is 0. The summed E-state index contributed by atoms with van der Waals surface area (Å²) < 4.78 is 18.9. The molecule has 0 aliphatic heterocycles. The Hall–Kier alpha value is -1.61. The van der Waals surface area contributed by atoms with Crippen LogP contribution in [-0.4, -0.2) is 12.6 Å². The van der Waals surface area contributed by atoms with Crippen LogP contribution in [0, 0.1) is 11.7 Å². The van der Waals surface area contributed by atoms with E-state index in [4.69, 9.17) is 4.42 Å². The van der Waals surface area contributed by atoms with Gasteiger partial charge in [0.05, 0.1) is 12.5 Å². The molecule has 1 aliphatic rings. The van der Waals surface area contributed by atoms with E-state index in [0.717, 1.165) is 24.9 Å². The van der Waals surface area contributed by atoms with Crippen molar-refractivity contribution in [1.29, 1.82) is 0 Å². The summed E-state index contributed by atoms with van der Waals surface area (Å²) >= 11 is 0. The van der Waals surface area contributed by atoms with E-state index in [0.29, 0.717) is 12.0 Å². The molecular weight excluding hydrogens is 253 g/mol. The number of rotatable bonds is 7. The minimum atomic E-state index is -0.101. The Bertz CT molecular complexity index is 534. The summed E-state index contributed by atoms with van der Waals surface area (Å²) in [6.45, 7) is 0.935. The fraction of sp³-hybridized carbons (Fsp3) is 0.412. The highest BCUT2D eigenvalue weighted by Gasteiger charge is 2.22. The van der Waals surface area contributed by atoms with E-state index in [1.54, 1.807) is 24.7 Å². The predicted molar refractivity (Wildman–Crippen MR) is 77.0 cm³/mol. The van der Waals surface area contributed by atoms with Crippen LogP contribution in [0.4, 0.5) is 4.39 Å². The smallest absolute Gasteiger partial charge is 0.126 e. The number of benzene rings is 1. The van der Waals surface area contributed by atoms with Crippen molar-refractivity contribution in [2.45, 2.75) is 31.7 Å². The second kappa shape index (κ2) is 6.23. The lowest BCUT2D eigenvalue weighted by Gasteiger charge is -2.17. The number of hydrogen-bond acceptors (Lipinski definition) is 2. The molecule has 1 aromatic carbocycles. The molecule has 106 valence electrons. The first-order chi connectivity index (χ1) is 9.81. The molecule has 0 saturated heterocycles. The maximum atomic E-state index is 13.8. The van der Waals surface area contributed by atoms with Crippen LogP contribution in [0.25, 0.3) is 0 Å². The summed E-state index contributed by atoms with van der Waals surface area (Å²) in [5, 5.41) is 3.56. The van der Waals surface area contributed by atoms with Crippen LogP contribution < -0.4 is 5.32 Å². The topological polar surface area (TPSA) is 25.2 Å². The van der Waals surface area contributed by atoms with Gasteiger partial charge in [-0.25, -0.2) is 4.39 Å². The summed E-state index contributed by atoms with van der Waals surface area (Å²) in [5.41, 5.74) is 1.99. The Morgan fingerprint density at radius 1 is 1.20 bits per heavy atom. The van der Waals surface area contributed by atoms with Crippen molar-refractivity contribution in [1.82, 2.24) is 5.32 Å². The van der Waals surface area contributed by atoms with Crippen LogP contribution in [0.3, 0.4) is 0 Å². The molecule has 1 fully saturated rings. The van der Waals surface area contributed by atoms with Gasteiger partial charge in [-0.15, -0.1) is 0 Å². The highest BCUT2D eigenvalue weighted by atomic mass is 19.1. The van der Waals surface area contributed by atoms with Crippen LogP contribution in [0.1, 0.15) is 24.0 Å². The standard InChI is InChI=1S/C17H20FNO/c18-17-4-2-1-3-15(17)10-14(11-19-16-5-6-16)9-13-7-8-20-12-13/h1-4,7-8,12,14,16,19H,5-6,9-11H2. The first-order valence-corrected chi connectivity index (χ1v) is 7.29. The van der Waals surface area contributed by atoms with E-state index in [1.165, 1.54) is 18.4 Å². The van der Waals surface area contributed by atoms with Crippen LogP contribution in [0.2, 0.25) is 0 Å². The van der Waals surface area contributed by atoms with Gasteiger partial charge in [0.2, 0.25) is 0 Å². The zero-order chi connectivity index (χ0) is 13.8. The summed E-state index contributed by atoms with van der Waals surface area (Å²) in [5.74, 6) is 0.293. The van der Waals surface area contributed by atoms with Gasteiger partial charge in [0.15, 0.2) is 0 Å². The molecule has 0 radical (unpaired) electrons. The fourth-order valence-electron chi connectivity index (χ4n) is 2.55. The quantitative estimate of drug-likeness (QED) is 0.834. The Balaban J connectivity index is 1.65. The Kier molecular flexibility index (Phi) is 4.16. The van der Waals surface area contributed by atoms with Gasteiger partial charge in [0, 0.05) is 6.04 Å². The monoisotopic (exact) mass is 273 g/mol. The van der Waals surface area contributed by atoms with E-state index in [9.17, 15) is 4.39 Å². The van der Waals surface area contributed by atoms with Crippen molar-refractivity contribution in [2.75, 3.05) is 6.54 Å². The first-order valence-electron chi connectivity index (χ1n) is 7.29. The normalized spacial score (nSPS) is 16.2. The third kappa shape index (κ3) is 3.70. The second-order valence-corrected chi connectivity index (χ2v) is 5.68. The zero-order valence-corrected chi connectivity index (χ0v) is 11.5. The van der Waals surface area contributed by atoms with Gasteiger partial charge in [0.1, 0.15) is 5.82 Å². The SMILES string of the molecule is Fc1ccccc1CC(CNC1CC1)Cc1ccoc1. The summed E-state index contributed by atoms with van der Waals surface area (Å²) in [6.07, 6.45) is 7.72. The molecule has 0 bridgehead atoms. The molecule has 1 saturated carbocycles. The Morgan fingerprint density at radius 2 is 2.05 bits per heavy atom. The molecule has 0 amide bonds. The number of nitrogens with one attached hydrogen (secondary N) is 1. The predicted octanol–water partition coefficient (Wildman–Crippen LogP) is 3.57. The summed E-state index contributed by atoms with van der Waals surface area (Å²) in [7, 11) is 0. The van der Waals surface area contributed by atoms with E-state index in [1.807, 2.05) is 18.2 Å². The van der Waals surface area contributed by atoms with Gasteiger partial charge in [-0.3, -0.25) is 0 Å². The summed E-state index contributed by atoms with van der Waals surface area (Å²) in [6, 6.07) is 9.75. The lowest BCUT2D eigenvalue weighted by molar-refractivity contribution is 0.456.